The second-order valence-corrected chi connectivity index (χ2v) is 5.68. The molecule has 0 saturated heterocycles. The van der Waals surface area contributed by atoms with E-state index in [4.69, 9.17) is 14.2 Å². The van der Waals surface area contributed by atoms with Crippen LogP contribution in [0.25, 0.3) is 0 Å². The molecule has 0 heterocycles. The second-order valence-electron chi connectivity index (χ2n) is 5.68. The lowest BCUT2D eigenvalue weighted by Gasteiger charge is -2.11. The number of hydrogen-bond donors (Lipinski definition) is 2. The van der Waals surface area contributed by atoms with E-state index in [1.165, 1.54) is 0 Å². The predicted molar refractivity (Wildman–Crippen MR) is 102 cm³/mol. The van der Waals surface area contributed by atoms with Gasteiger partial charge in [0.05, 0.1) is 21.3 Å². The van der Waals surface area contributed by atoms with E-state index in [1.54, 1.807) is 39.5 Å². The number of methoxy groups -OCH3 is 3. The molecule has 0 fully saturated rings. The number of ether oxygens (including phenoxy) is 3. The first-order chi connectivity index (χ1) is 12.7. The Kier molecular flexibility index (Phi) is 7.76. The SMILES string of the molecule is COc1ccccc1CCNCCC(=O)Nc1ccc(OC)c(OC)c1. The van der Waals surface area contributed by atoms with E-state index >= 15 is 0 Å². The highest BCUT2D eigenvalue weighted by atomic mass is 16.5. The summed E-state index contributed by atoms with van der Waals surface area (Å²) in [7, 11) is 4.81. The number of anilines is 1. The van der Waals surface area contributed by atoms with Crippen LogP contribution in [0, 0.1) is 0 Å². The number of carbonyl (C=O) groups excluding carboxylic acids is 1. The fourth-order valence-corrected chi connectivity index (χ4v) is 2.60. The molecule has 0 bridgehead atoms. The Morgan fingerprint density at radius 2 is 1.62 bits per heavy atom. The first-order valence-corrected chi connectivity index (χ1v) is 8.52. The molecule has 2 aromatic rings. The van der Waals surface area contributed by atoms with Gasteiger partial charge in [0.25, 0.3) is 0 Å². The van der Waals surface area contributed by atoms with Crippen molar-refractivity contribution in [2.24, 2.45) is 0 Å². The van der Waals surface area contributed by atoms with Crippen molar-refractivity contribution < 1.29 is 19.0 Å². The molecule has 0 aromatic heterocycles. The lowest BCUT2D eigenvalue weighted by atomic mass is 10.1. The van der Waals surface area contributed by atoms with Crippen LogP contribution in [-0.4, -0.2) is 40.3 Å². The van der Waals surface area contributed by atoms with Gasteiger partial charge in [0.2, 0.25) is 5.91 Å². The number of hydrogen-bond acceptors (Lipinski definition) is 5. The molecule has 2 aromatic carbocycles. The van der Waals surface area contributed by atoms with Crippen molar-refractivity contribution in [1.29, 1.82) is 0 Å². The van der Waals surface area contributed by atoms with Crippen LogP contribution in [0.2, 0.25) is 0 Å². The average Bonchev–Trinajstić information content (AvgIpc) is 2.67. The van der Waals surface area contributed by atoms with Crippen LogP contribution < -0.4 is 24.8 Å². The zero-order valence-electron chi connectivity index (χ0n) is 15.5. The molecule has 2 N–H and O–H groups in total. The number of carbonyl (C=O) groups is 1. The van der Waals surface area contributed by atoms with Gasteiger partial charge in [-0.15, -0.1) is 0 Å². The van der Waals surface area contributed by atoms with Crippen LogP contribution >= 0.6 is 0 Å². The van der Waals surface area contributed by atoms with E-state index < -0.39 is 0 Å². The smallest absolute Gasteiger partial charge is 0.225 e. The van der Waals surface area contributed by atoms with Crippen LogP contribution in [0.4, 0.5) is 5.69 Å². The summed E-state index contributed by atoms with van der Waals surface area (Å²) < 4.78 is 15.7. The summed E-state index contributed by atoms with van der Waals surface area (Å²) >= 11 is 0. The molecule has 0 aliphatic carbocycles. The summed E-state index contributed by atoms with van der Waals surface area (Å²) in [5.41, 5.74) is 1.83. The number of benzene rings is 2. The summed E-state index contributed by atoms with van der Waals surface area (Å²) in [6.45, 7) is 1.39. The molecule has 2 rings (SSSR count). The zero-order chi connectivity index (χ0) is 18.8. The summed E-state index contributed by atoms with van der Waals surface area (Å²) in [5.74, 6) is 2.05. The lowest BCUT2D eigenvalue weighted by molar-refractivity contribution is -0.116. The van der Waals surface area contributed by atoms with Gasteiger partial charge in [-0.3, -0.25) is 4.79 Å². The van der Waals surface area contributed by atoms with Crippen molar-refractivity contribution in [3.8, 4) is 17.2 Å². The van der Waals surface area contributed by atoms with Crippen molar-refractivity contribution in [1.82, 2.24) is 5.32 Å². The summed E-state index contributed by atoms with van der Waals surface area (Å²) in [4.78, 5) is 12.1. The van der Waals surface area contributed by atoms with Crippen molar-refractivity contribution in [3.63, 3.8) is 0 Å². The molecule has 0 unspecified atom stereocenters. The maximum Gasteiger partial charge on any atom is 0.225 e. The Morgan fingerprint density at radius 1 is 0.885 bits per heavy atom. The highest BCUT2D eigenvalue weighted by molar-refractivity contribution is 5.91. The number of para-hydroxylation sites is 1. The third-order valence-electron chi connectivity index (χ3n) is 3.96. The molecule has 26 heavy (non-hydrogen) atoms. The Labute approximate surface area is 154 Å². The lowest BCUT2D eigenvalue weighted by Crippen LogP contribution is -2.23. The molecule has 6 nitrogen and oxygen atoms in total. The summed E-state index contributed by atoms with van der Waals surface area (Å²) in [5, 5.41) is 6.14. The van der Waals surface area contributed by atoms with Crippen molar-refractivity contribution >= 4 is 11.6 Å². The molecule has 0 spiro atoms. The molecule has 0 atom stereocenters. The van der Waals surface area contributed by atoms with Gasteiger partial charge in [0.15, 0.2) is 11.5 Å². The van der Waals surface area contributed by atoms with E-state index in [-0.39, 0.29) is 5.91 Å². The normalized spacial score (nSPS) is 10.3. The number of nitrogens with one attached hydrogen (secondary N) is 2. The van der Waals surface area contributed by atoms with Gasteiger partial charge in [-0.05, 0) is 36.7 Å². The van der Waals surface area contributed by atoms with Gasteiger partial charge in [-0.25, -0.2) is 0 Å². The Balaban J connectivity index is 1.72. The van der Waals surface area contributed by atoms with Crippen LogP contribution in [0.1, 0.15) is 12.0 Å². The Bertz CT molecular complexity index is 719. The van der Waals surface area contributed by atoms with Gasteiger partial charge in [0, 0.05) is 24.7 Å². The molecular weight excluding hydrogens is 332 g/mol. The first-order valence-electron chi connectivity index (χ1n) is 8.52. The monoisotopic (exact) mass is 358 g/mol. The maximum absolute atomic E-state index is 12.1. The van der Waals surface area contributed by atoms with E-state index in [1.807, 2.05) is 24.3 Å². The van der Waals surface area contributed by atoms with Crippen molar-refractivity contribution in [2.75, 3.05) is 39.7 Å². The fourth-order valence-electron chi connectivity index (χ4n) is 2.60. The predicted octanol–water partition coefficient (Wildman–Crippen LogP) is 2.87. The second kappa shape index (κ2) is 10.3. The van der Waals surface area contributed by atoms with E-state index in [2.05, 4.69) is 10.6 Å². The van der Waals surface area contributed by atoms with Gasteiger partial charge < -0.3 is 24.8 Å². The number of amides is 1. The van der Waals surface area contributed by atoms with Crippen LogP contribution in [0.5, 0.6) is 17.2 Å². The molecule has 0 aliphatic heterocycles. The quantitative estimate of drug-likeness (QED) is 0.639. The molecular formula is C20H26N2O4. The van der Waals surface area contributed by atoms with Crippen LogP contribution in [0.15, 0.2) is 42.5 Å². The summed E-state index contributed by atoms with van der Waals surface area (Å²) in [6, 6.07) is 13.2. The van der Waals surface area contributed by atoms with Gasteiger partial charge in [-0.1, -0.05) is 18.2 Å². The molecule has 0 aliphatic rings. The van der Waals surface area contributed by atoms with E-state index in [0.717, 1.165) is 24.3 Å². The van der Waals surface area contributed by atoms with Gasteiger partial charge in [-0.2, -0.15) is 0 Å². The zero-order valence-corrected chi connectivity index (χ0v) is 15.5. The molecule has 0 saturated carbocycles. The highest BCUT2D eigenvalue weighted by Crippen LogP contribution is 2.29. The minimum absolute atomic E-state index is 0.0537. The highest BCUT2D eigenvalue weighted by Gasteiger charge is 2.07. The standard InChI is InChI=1S/C20H26N2O4/c1-24-17-7-5-4-6-15(17)10-12-21-13-11-20(23)22-16-8-9-18(25-2)19(14-16)26-3/h4-9,14,21H,10-13H2,1-3H3,(H,22,23). The largest absolute Gasteiger partial charge is 0.496 e. The minimum Gasteiger partial charge on any atom is -0.496 e. The molecule has 140 valence electrons. The van der Waals surface area contributed by atoms with Gasteiger partial charge in [0.1, 0.15) is 5.75 Å². The molecule has 0 radical (unpaired) electrons. The molecule has 6 heteroatoms. The maximum atomic E-state index is 12.1. The minimum atomic E-state index is -0.0537. The fraction of sp³-hybridized carbons (Fsp3) is 0.350. The Morgan fingerprint density at radius 3 is 2.35 bits per heavy atom. The van der Waals surface area contributed by atoms with Crippen LogP contribution in [-0.2, 0) is 11.2 Å². The average molecular weight is 358 g/mol. The number of rotatable bonds is 10. The third kappa shape index (κ3) is 5.67. The van der Waals surface area contributed by atoms with Crippen molar-refractivity contribution in [3.05, 3.63) is 48.0 Å². The van der Waals surface area contributed by atoms with Crippen LogP contribution in [0.3, 0.4) is 0 Å². The third-order valence-corrected chi connectivity index (χ3v) is 3.96. The first kappa shape index (κ1) is 19.6. The Hall–Kier alpha value is -2.73. The topological polar surface area (TPSA) is 68.8 Å². The summed E-state index contributed by atoms with van der Waals surface area (Å²) in [6.07, 6.45) is 1.24. The molecule has 1 amide bonds. The van der Waals surface area contributed by atoms with Gasteiger partial charge >= 0.3 is 0 Å². The van der Waals surface area contributed by atoms with E-state index in [9.17, 15) is 4.79 Å². The van der Waals surface area contributed by atoms with E-state index in [0.29, 0.717) is 30.2 Å². The van der Waals surface area contributed by atoms with Crippen molar-refractivity contribution in [2.45, 2.75) is 12.8 Å².